The number of amides is 2. The van der Waals surface area contributed by atoms with E-state index in [1.54, 1.807) is 20.2 Å². The Kier molecular flexibility index (Phi) is 5.91. The highest BCUT2D eigenvalue weighted by Crippen LogP contribution is 2.34. The molecule has 0 bridgehead atoms. The van der Waals surface area contributed by atoms with Crippen molar-refractivity contribution >= 4 is 40.7 Å². The number of aromatic nitrogens is 1. The molecule has 0 fully saturated rings. The summed E-state index contributed by atoms with van der Waals surface area (Å²) in [6.07, 6.45) is 0. The van der Waals surface area contributed by atoms with Crippen LogP contribution >= 0.6 is 23.2 Å². The molecular weight excluding hydrogens is 420 g/mol. The largest absolute Gasteiger partial charge is 0.360 e. The molecule has 2 amide bonds. The lowest BCUT2D eigenvalue weighted by atomic mass is 10.0. The quantitative estimate of drug-likeness (QED) is 0.621. The molecule has 0 saturated heterocycles. The first-order valence-electron chi connectivity index (χ1n) is 8.44. The number of aryl methyl sites for hydroxylation is 1. The summed E-state index contributed by atoms with van der Waals surface area (Å²) in [5.74, 6) is -1.28. The van der Waals surface area contributed by atoms with Crippen molar-refractivity contribution in [1.29, 1.82) is 0 Å². The second-order valence-corrected chi connectivity index (χ2v) is 7.22. The van der Waals surface area contributed by atoms with Crippen molar-refractivity contribution < 1.29 is 18.5 Å². The first-order chi connectivity index (χ1) is 13.7. The SMILES string of the molecule is Cc1onc(-c2c(F)cccc2Cl)c1C(=O)Nc1ccc(C(=O)N(C)C)c(Cl)c1. The average molecular weight is 436 g/mol. The number of nitrogens with zero attached hydrogens (tertiary/aromatic N) is 2. The lowest BCUT2D eigenvalue weighted by molar-refractivity contribution is 0.0827. The summed E-state index contributed by atoms with van der Waals surface area (Å²) in [4.78, 5) is 26.3. The molecule has 0 aliphatic rings. The summed E-state index contributed by atoms with van der Waals surface area (Å²) in [5, 5.41) is 6.75. The Labute approximate surface area is 176 Å². The van der Waals surface area contributed by atoms with Gasteiger partial charge in [-0.15, -0.1) is 0 Å². The topological polar surface area (TPSA) is 75.4 Å². The van der Waals surface area contributed by atoms with E-state index in [4.69, 9.17) is 27.7 Å². The van der Waals surface area contributed by atoms with Crippen LogP contribution in [-0.4, -0.2) is 36.0 Å². The van der Waals surface area contributed by atoms with Crippen molar-refractivity contribution in [3.63, 3.8) is 0 Å². The third kappa shape index (κ3) is 4.11. The lowest BCUT2D eigenvalue weighted by Gasteiger charge is -2.13. The Hall–Kier alpha value is -2.90. The molecule has 0 aliphatic heterocycles. The van der Waals surface area contributed by atoms with Crippen molar-refractivity contribution in [3.05, 3.63) is 69.1 Å². The molecule has 0 aliphatic carbocycles. The monoisotopic (exact) mass is 435 g/mol. The number of halogens is 3. The summed E-state index contributed by atoms with van der Waals surface area (Å²) in [6.45, 7) is 1.53. The zero-order valence-corrected chi connectivity index (χ0v) is 17.2. The predicted molar refractivity (Wildman–Crippen MR) is 109 cm³/mol. The summed E-state index contributed by atoms with van der Waals surface area (Å²) < 4.78 is 19.4. The Bertz CT molecular complexity index is 1090. The van der Waals surface area contributed by atoms with Gasteiger partial charge in [-0.2, -0.15) is 0 Å². The van der Waals surface area contributed by atoms with Crippen molar-refractivity contribution in [1.82, 2.24) is 10.1 Å². The van der Waals surface area contributed by atoms with Gasteiger partial charge in [-0.05, 0) is 37.3 Å². The van der Waals surface area contributed by atoms with Gasteiger partial charge in [0.05, 0.1) is 21.2 Å². The summed E-state index contributed by atoms with van der Waals surface area (Å²) >= 11 is 12.3. The highest BCUT2D eigenvalue weighted by Gasteiger charge is 2.25. The van der Waals surface area contributed by atoms with Crippen molar-refractivity contribution in [2.75, 3.05) is 19.4 Å². The smallest absolute Gasteiger partial charge is 0.261 e. The Morgan fingerprint density at radius 3 is 2.48 bits per heavy atom. The molecule has 6 nitrogen and oxygen atoms in total. The number of hydrogen-bond donors (Lipinski definition) is 1. The van der Waals surface area contributed by atoms with Gasteiger partial charge < -0.3 is 14.7 Å². The van der Waals surface area contributed by atoms with Crippen LogP contribution in [0.3, 0.4) is 0 Å². The van der Waals surface area contributed by atoms with Gasteiger partial charge in [-0.1, -0.05) is 34.4 Å². The van der Waals surface area contributed by atoms with E-state index in [1.165, 1.54) is 42.2 Å². The second kappa shape index (κ2) is 8.23. The van der Waals surface area contributed by atoms with Crippen molar-refractivity contribution in [3.8, 4) is 11.3 Å². The molecule has 29 heavy (non-hydrogen) atoms. The highest BCUT2D eigenvalue weighted by atomic mass is 35.5. The standard InChI is InChI=1S/C20H16Cl2FN3O3/c1-10-16(18(25-29-10)17-13(21)5-4-6-15(17)23)19(27)24-11-7-8-12(14(22)9-11)20(28)26(2)3/h4-9H,1-3H3,(H,24,27). The van der Waals surface area contributed by atoms with E-state index in [-0.39, 0.29) is 38.5 Å². The maximum absolute atomic E-state index is 14.3. The summed E-state index contributed by atoms with van der Waals surface area (Å²) in [7, 11) is 3.22. The van der Waals surface area contributed by atoms with Gasteiger partial charge in [0.15, 0.2) is 0 Å². The molecule has 1 heterocycles. The highest BCUT2D eigenvalue weighted by molar-refractivity contribution is 6.34. The number of benzene rings is 2. The maximum atomic E-state index is 14.3. The molecule has 150 valence electrons. The second-order valence-electron chi connectivity index (χ2n) is 6.41. The van der Waals surface area contributed by atoms with E-state index in [9.17, 15) is 14.0 Å². The van der Waals surface area contributed by atoms with E-state index in [0.29, 0.717) is 11.3 Å². The van der Waals surface area contributed by atoms with Gasteiger partial charge in [0, 0.05) is 19.8 Å². The molecule has 0 unspecified atom stereocenters. The van der Waals surface area contributed by atoms with E-state index in [0.717, 1.165) is 0 Å². The van der Waals surface area contributed by atoms with Crippen molar-refractivity contribution in [2.45, 2.75) is 6.92 Å². The fourth-order valence-corrected chi connectivity index (χ4v) is 3.25. The van der Waals surface area contributed by atoms with Crippen LogP contribution in [0.15, 0.2) is 40.9 Å². The fourth-order valence-electron chi connectivity index (χ4n) is 2.74. The minimum Gasteiger partial charge on any atom is -0.360 e. The fraction of sp³-hybridized carbons (Fsp3) is 0.150. The molecule has 1 aromatic heterocycles. The molecule has 2 aromatic carbocycles. The molecule has 0 saturated carbocycles. The van der Waals surface area contributed by atoms with Gasteiger partial charge in [-0.3, -0.25) is 9.59 Å². The molecule has 3 aromatic rings. The van der Waals surface area contributed by atoms with E-state index in [2.05, 4.69) is 10.5 Å². The number of nitrogens with one attached hydrogen (secondary N) is 1. The number of anilines is 1. The Balaban J connectivity index is 1.94. The van der Waals surface area contributed by atoms with Gasteiger partial charge in [0.25, 0.3) is 11.8 Å². The van der Waals surface area contributed by atoms with E-state index in [1.807, 2.05) is 0 Å². The molecule has 9 heteroatoms. The van der Waals surface area contributed by atoms with Gasteiger partial charge in [0.1, 0.15) is 22.8 Å². The predicted octanol–water partition coefficient (Wildman–Crippen LogP) is 5.05. The third-order valence-corrected chi connectivity index (χ3v) is 4.78. The lowest BCUT2D eigenvalue weighted by Crippen LogP contribution is -2.22. The molecule has 0 radical (unpaired) electrons. The van der Waals surface area contributed by atoms with Crippen molar-refractivity contribution in [2.24, 2.45) is 0 Å². The first kappa shape index (κ1) is 20.8. The summed E-state index contributed by atoms with van der Waals surface area (Å²) in [5.41, 5.74) is 0.660. The zero-order valence-electron chi connectivity index (χ0n) is 15.7. The summed E-state index contributed by atoms with van der Waals surface area (Å²) in [6, 6.07) is 8.66. The van der Waals surface area contributed by atoms with Gasteiger partial charge >= 0.3 is 0 Å². The normalized spacial score (nSPS) is 10.7. The van der Waals surface area contributed by atoms with Gasteiger partial charge in [-0.25, -0.2) is 4.39 Å². The maximum Gasteiger partial charge on any atom is 0.261 e. The third-order valence-electron chi connectivity index (χ3n) is 4.15. The van der Waals surface area contributed by atoms with Crippen LogP contribution in [0, 0.1) is 12.7 Å². The van der Waals surface area contributed by atoms with E-state index < -0.39 is 11.7 Å². The minimum absolute atomic E-state index is 0.00592. The van der Waals surface area contributed by atoms with Crippen LogP contribution in [0.2, 0.25) is 10.0 Å². The van der Waals surface area contributed by atoms with E-state index >= 15 is 0 Å². The van der Waals surface area contributed by atoms with Crippen LogP contribution < -0.4 is 5.32 Å². The van der Waals surface area contributed by atoms with Crippen LogP contribution in [0.5, 0.6) is 0 Å². The molecular formula is C20H16Cl2FN3O3. The average Bonchev–Trinajstić information content (AvgIpc) is 3.02. The van der Waals surface area contributed by atoms with Crippen LogP contribution in [0.4, 0.5) is 10.1 Å². The van der Waals surface area contributed by atoms with Crippen LogP contribution in [0.1, 0.15) is 26.5 Å². The van der Waals surface area contributed by atoms with Crippen LogP contribution in [-0.2, 0) is 0 Å². The number of rotatable bonds is 4. The molecule has 3 rings (SSSR count). The number of carbonyl (C=O) groups is 2. The number of carbonyl (C=O) groups excluding carboxylic acids is 2. The van der Waals surface area contributed by atoms with Crippen LogP contribution in [0.25, 0.3) is 11.3 Å². The first-order valence-corrected chi connectivity index (χ1v) is 9.19. The molecule has 0 spiro atoms. The molecule has 0 atom stereocenters. The van der Waals surface area contributed by atoms with Gasteiger partial charge in [0.2, 0.25) is 0 Å². The zero-order chi connectivity index (χ0) is 21.3. The Morgan fingerprint density at radius 1 is 1.14 bits per heavy atom. The minimum atomic E-state index is -0.630. The Morgan fingerprint density at radius 2 is 1.86 bits per heavy atom. The number of hydrogen-bond acceptors (Lipinski definition) is 4. The molecule has 1 N–H and O–H groups in total.